The van der Waals surface area contributed by atoms with Gasteiger partial charge in [0.2, 0.25) is 5.91 Å². The first-order valence-corrected chi connectivity index (χ1v) is 33.4. The van der Waals surface area contributed by atoms with Crippen LogP contribution in [0.15, 0.2) is 122 Å². The van der Waals surface area contributed by atoms with E-state index in [4.69, 9.17) is 13.8 Å². The predicted octanol–water partition coefficient (Wildman–Crippen LogP) is 19.9. The summed E-state index contributed by atoms with van der Waals surface area (Å²) in [5, 5.41) is 3.04. The van der Waals surface area contributed by atoms with Gasteiger partial charge in [-0.05, 0) is 122 Å². The zero-order valence-electron chi connectivity index (χ0n) is 51.6. The Morgan fingerprint density at radius 1 is 0.456 bits per heavy atom. The van der Waals surface area contributed by atoms with Crippen molar-refractivity contribution in [2.24, 2.45) is 0 Å². The highest BCUT2D eigenvalue weighted by atomic mass is 31.2. The van der Waals surface area contributed by atoms with E-state index < -0.39 is 20.0 Å². The van der Waals surface area contributed by atoms with Gasteiger partial charge in [-0.15, -0.1) is 0 Å². The van der Waals surface area contributed by atoms with Gasteiger partial charge >= 0.3 is 13.8 Å². The van der Waals surface area contributed by atoms with Gasteiger partial charge < -0.3 is 19.4 Å². The van der Waals surface area contributed by atoms with E-state index in [1.807, 2.05) is 33.3 Å². The summed E-state index contributed by atoms with van der Waals surface area (Å²) in [4.78, 5) is 37.7. The number of rotatable bonds is 56. The number of quaternary nitrogens is 1. The molecule has 0 aliphatic rings. The van der Waals surface area contributed by atoms with E-state index >= 15 is 0 Å². The highest BCUT2D eigenvalue weighted by Crippen LogP contribution is 2.43. The summed E-state index contributed by atoms with van der Waals surface area (Å²) in [5.74, 6) is -0.563. The Morgan fingerprint density at radius 3 is 1.25 bits per heavy atom. The van der Waals surface area contributed by atoms with Gasteiger partial charge in [-0.1, -0.05) is 239 Å². The standard InChI is InChI=1S/C69H119N2O7P/c1-7-10-13-16-19-22-25-27-29-31-33-34-35-36-38-39-41-43-46-49-52-55-58-61-68(72)70-66(65-77-79(74,75)76-64-63-71(4,5)6)67(60-57-54-51-48-45-24-21-18-15-12-9-3)78-69(73)62-59-56-53-50-47-44-42-40-37-32-30-28-26-23-20-17-14-11-8-2/h11,14,19-20,22-23,27-30,33-34,36-38,40,44,47,57,60,66-67H,7-10,12-13,15-18,21,24-26,31-32,35,39,41-43,45-46,48-56,58-59,61-65H2,1-6H3,(H-,70,72,74,75)/p+1/b14-11-,22-19-,23-20-,29-27-,30-28-,34-33-,38-36-,40-37-,47-44-,60-57-. The molecule has 0 aromatic carbocycles. The van der Waals surface area contributed by atoms with Crippen LogP contribution >= 0.6 is 7.82 Å². The first-order chi connectivity index (χ1) is 38.4. The number of amides is 1. The third kappa shape index (κ3) is 58.9. The summed E-state index contributed by atoms with van der Waals surface area (Å²) >= 11 is 0. The van der Waals surface area contributed by atoms with Crippen LogP contribution in [0.4, 0.5) is 0 Å². The first-order valence-electron chi connectivity index (χ1n) is 31.9. The molecule has 0 saturated heterocycles. The molecule has 0 spiro atoms. The van der Waals surface area contributed by atoms with Crippen LogP contribution in [0.1, 0.15) is 252 Å². The second-order valence-corrected chi connectivity index (χ2v) is 23.6. The average Bonchev–Trinajstić information content (AvgIpc) is 3.41. The first kappa shape index (κ1) is 75.4. The maximum Gasteiger partial charge on any atom is 0.472 e. The normalized spacial score (nSPS) is 14.5. The van der Waals surface area contributed by atoms with Crippen LogP contribution in [-0.2, 0) is 27.9 Å². The van der Waals surface area contributed by atoms with Crippen LogP contribution in [0, 0.1) is 0 Å². The zero-order valence-corrected chi connectivity index (χ0v) is 52.5. The monoisotopic (exact) mass is 1120 g/mol. The molecule has 0 aromatic heterocycles. The Labute approximate surface area is 486 Å². The fourth-order valence-corrected chi connectivity index (χ4v) is 9.21. The number of ether oxygens (including phenoxy) is 1. The van der Waals surface area contributed by atoms with Gasteiger partial charge in [-0.25, -0.2) is 4.57 Å². The zero-order chi connectivity index (χ0) is 57.9. The number of hydrogen-bond acceptors (Lipinski definition) is 6. The molecule has 0 fully saturated rings. The largest absolute Gasteiger partial charge is 0.472 e. The molecule has 1 amide bonds. The smallest absolute Gasteiger partial charge is 0.456 e. The van der Waals surface area contributed by atoms with E-state index in [0.29, 0.717) is 23.9 Å². The fraction of sp³-hybridized carbons (Fsp3) is 0.681. The van der Waals surface area contributed by atoms with Gasteiger partial charge in [0, 0.05) is 12.8 Å². The van der Waals surface area contributed by atoms with Crippen LogP contribution in [0.3, 0.4) is 0 Å². The Bertz CT molecular complexity index is 1770. The Kier molecular flexibility index (Phi) is 55.0. The van der Waals surface area contributed by atoms with Crippen molar-refractivity contribution >= 4 is 19.7 Å². The lowest BCUT2D eigenvalue weighted by molar-refractivity contribution is -0.870. The molecule has 9 nitrogen and oxygen atoms in total. The van der Waals surface area contributed by atoms with Crippen molar-refractivity contribution in [1.29, 1.82) is 0 Å². The predicted molar refractivity (Wildman–Crippen MR) is 341 cm³/mol. The number of hydrogen-bond donors (Lipinski definition) is 2. The number of carbonyl (C=O) groups excluding carboxylic acids is 2. The lowest BCUT2D eigenvalue weighted by atomic mass is 10.1. The Balaban J connectivity index is 5.27. The summed E-state index contributed by atoms with van der Waals surface area (Å²) in [7, 11) is 1.45. The molecule has 0 aliphatic heterocycles. The highest BCUT2D eigenvalue weighted by molar-refractivity contribution is 7.47. The van der Waals surface area contributed by atoms with E-state index in [1.165, 1.54) is 89.9 Å². The van der Waals surface area contributed by atoms with Crippen molar-refractivity contribution in [1.82, 2.24) is 5.32 Å². The molecule has 0 radical (unpaired) electrons. The molecule has 452 valence electrons. The van der Waals surface area contributed by atoms with E-state index in [9.17, 15) is 19.0 Å². The van der Waals surface area contributed by atoms with Crippen LogP contribution in [0.25, 0.3) is 0 Å². The van der Waals surface area contributed by atoms with Gasteiger partial charge in [-0.2, -0.15) is 0 Å². The number of allylic oxidation sites excluding steroid dienone is 19. The van der Waals surface area contributed by atoms with Crippen molar-refractivity contribution in [2.75, 3.05) is 40.9 Å². The minimum absolute atomic E-state index is 0.0256. The van der Waals surface area contributed by atoms with Gasteiger partial charge in [0.1, 0.15) is 19.3 Å². The molecule has 2 N–H and O–H groups in total. The third-order valence-corrected chi connectivity index (χ3v) is 14.4. The summed E-state index contributed by atoms with van der Waals surface area (Å²) in [6.45, 7) is 6.82. The maximum atomic E-state index is 13.6. The van der Waals surface area contributed by atoms with Crippen LogP contribution < -0.4 is 5.32 Å². The van der Waals surface area contributed by atoms with E-state index in [-0.39, 0.29) is 31.5 Å². The molecule has 0 saturated carbocycles. The summed E-state index contributed by atoms with van der Waals surface area (Å²) in [6.07, 6.45) is 80.5. The van der Waals surface area contributed by atoms with E-state index in [0.717, 1.165) is 122 Å². The number of phosphoric ester groups is 1. The van der Waals surface area contributed by atoms with Crippen molar-refractivity contribution in [3.63, 3.8) is 0 Å². The molecule has 79 heavy (non-hydrogen) atoms. The highest BCUT2D eigenvalue weighted by Gasteiger charge is 2.30. The number of esters is 1. The fourth-order valence-electron chi connectivity index (χ4n) is 8.48. The lowest BCUT2D eigenvalue weighted by Gasteiger charge is -2.27. The summed E-state index contributed by atoms with van der Waals surface area (Å²) in [5.41, 5.74) is 0. The second-order valence-electron chi connectivity index (χ2n) is 22.2. The van der Waals surface area contributed by atoms with Crippen molar-refractivity contribution in [3.8, 4) is 0 Å². The number of nitrogens with one attached hydrogen (secondary N) is 1. The van der Waals surface area contributed by atoms with Crippen molar-refractivity contribution < 1.29 is 37.3 Å². The molecule has 0 aromatic rings. The minimum atomic E-state index is -4.47. The van der Waals surface area contributed by atoms with Gasteiger partial charge in [0.05, 0.1) is 33.8 Å². The molecule has 10 heteroatoms. The van der Waals surface area contributed by atoms with E-state index in [1.54, 1.807) is 0 Å². The van der Waals surface area contributed by atoms with Crippen LogP contribution in [0.2, 0.25) is 0 Å². The molecule has 3 unspecified atom stereocenters. The third-order valence-electron chi connectivity index (χ3n) is 13.4. The topological polar surface area (TPSA) is 111 Å². The molecular weight excluding hydrogens is 1000 g/mol. The number of nitrogens with zero attached hydrogens (tertiary/aromatic N) is 1. The molecular formula is C69H120N2O7P+. The Morgan fingerprint density at radius 2 is 0.810 bits per heavy atom. The number of carbonyl (C=O) groups is 2. The molecule has 0 heterocycles. The molecule has 0 rings (SSSR count). The molecule has 0 bridgehead atoms. The lowest BCUT2D eigenvalue weighted by Crippen LogP contribution is -2.47. The molecule has 3 atom stereocenters. The van der Waals surface area contributed by atoms with Crippen molar-refractivity contribution in [2.45, 2.75) is 264 Å². The quantitative estimate of drug-likeness (QED) is 0.0205. The second kappa shape index (κ2) is 57.6. The van der Waals surface area contributed by atoms with Gasteiger partial charge in [0.25, 0.3) is 0 Å². The average molecular weight is 1120 g/mol. The van der Waals surface area contributed by atoms with Crippen molar-refractivity contribution in [3.05, 3.63) is 122 Å². The number of phosphoric acid groups is 1. The van der Waals surface area contributed by atoms with Gasteiger partial charge in [-0.3, -0.25) is 18.6 Å². The summed E-state index contributed by atoms with van der Waals surface area (Å²) < 4.78 is 30.7. The minimum Gasteiger partial charge on any atom is -0.456 e. The van der Waals surface area contributed by atoms with Gasteiger partial charge in [0.15, 0.2) is 0 Å². The number of likely N-dealkylation sites (N-methyl/N-ethyl adjacent to an activating group) is 1. The maximum absolute atomic E-state index is 13.6. The Hall–Kier alpha value is -3.59. The van der Waals surface area contributed by atoms with Crippen LogP contribution in [-0.4, -0.2) is 74.3 Å². The van der Waals surface area contributed by atoms with E-state index in [2.05, 4.69) is 135 Å². The summed E-state index contributed by atoms with van der Waals surface area (Å²) in [6, 6.07) is -0.877. The SMILES string of the molecule is CC/C=C\C/C=C\C/C=C\C/C=C\C/C=C\CCCCCC(=O)OC(/C=C\CCCCCCCCCCC)C(COP(=O)(O)OCC[N+](C)(C)C)NC(=O)CCCCCCCCC/C=C\C/C=C\C/C=C\C/C=C\CCCCC. The number of unbranched alkanes of at least 4 members (excludes halogenated alkanes) is 22. The molecule has 0 aliphatic carbocycles. The van der Waals surface area contributed by atoms with Crippen LogP contribution in [0.5, 0.6) is 0 Å².